The molecule has 4 N–H and O–H groups in total. The second kappa shape index (κ2) is 7.49. The van der Waals surface area contributed by atoms with Crippen molar-refractivity contribution in [2.75, 3.05) is 13.1 Å². The first-order valence-corrected chi connectivity index (χ1v) is 8.29. The van der Waals surface area contributed by atoms with Crippen molar-refractivity contribution in [3.05, 3.63) is 34.4 Å². The molecule has 23 heavy (non-hydrogen) atoms. The third-order valence-corrected chi connectivity index (χ3v) is 4.22. The van der Waals surface area contributed by atoms with Crippen LogP contribution in [0.1, 0.15) is 20.3 Å². The Kier molecular flexibility index (Phi) is 6.19. The Morgan fingerprint density at radius 1 is 1.30 bits per heavy atom. The zero-order valence-electron chi connectivity index (χ0n) is 12.9. The normalized spacial score (nSPS) is 12.0. The number of carbonyl (C=O) groups is 1. The van der Waals surface area contributed by atoms with Crippen molar-refractivity contribution in [3.8, 4) is 0 Å². The predicted octanol–water partition coefficient (Wildman–Crippen LogP) is 0.117. The average molecular weight is 344 g/mol. The van der Waals surface area contributed by atoms with Crippen LogP contribution in [0.5, 0.6) is 0 Å². The van der Waals surface area contributed by atoms with Crippen LogP contribution in [0, 0.1) is 10.1 Å². The number of nitro groups is 1. The summed E-state index contributed by atoms with van der Waals surface area (Å²) in [5.74, 6) is -0.324. The van der Waals surface area contributed by atoms with Crippen LogP contribution < -0.4 is 15.8 Å². The number of nitrogens with zero attached hydrogens (tertiary/aromatic N) is 1. The monoisotopic (exact) mass is 344 g/mol. The lowest BCUT2D eigenvalue weighted by Crippen LogP contribution is -2.45. The minimum absolute atomic E-state index is 0.0394. The molecule has 0 saturated carbocycles. The van der Waals surface area contributed by atoms with E-state index in [0.717, 1.165) is 24.3 Å². The molecule has 1 rings (SSSR count). The van der Waals surface area contributed by atoms with Gasteiger partial charge in [0, 0.05) is 37.2 Å². The van der Waals surface area contributed by atoms with Crippen molar-refractivity contribution < 1.29 is 18.1 Å². The number of amides is 1. The summed E-state index contributed by atoms with van der Waals surface area (Å²) < 4.78 is 26.2. The Hall–Kier alpha value is -2.04. The van der Waals surface area contributed by atoms with Gasteiger partial charge < -0.3 is 11.1 Å². The van der Waals surface area contributed by atoms with Gasteiger partial charge in [-0.05, 0) is 26.0 Å². The summed E-state index contributed by atoms with van der Waals surface area (Å²) in [6.07, 6.45) is -0.0394. The van der Waals surface area contributed by atoms with E-state index in [2.05, 4.69) is 10.0 Å². The number of rotatable bonds is 8. The first kappa shape index (κ1) is 19.0. The van der Waals surface area contributed by atoms with E-state index < -0.39 is 20.5 Å². The van der Waals surface area contributed by atoms with E-state index >= 15 is 0 Å². The highest BCUT2D eigenvalue weighted by atomic mass is 32.2. The summed E-state index contributed by atoms with van der Waals surface area (Å²) in [4.78, 5) is 21.4. The molecule has 1 aromatic rings. The fourth-order valence-corrected chi connectivity index (χ4v) is 2.58. The number of nitrogens with two attached hydrogens (primary N) is 1. The van der Waals surface area contributed by atoms with E-state index in [1.165, 1.54) is 0 Å². The molecule has 128 valence electrons. The van der Waals surface area contributed by atoms with Gasteiger partial charge in [0.25, 0.3) is 5.69 Å². The van der Waals surface area contributed by atoms with Crippen LogP contribution in [0.25, 0.3) is 0 Å². The number of nitrogens with one attached hydrogen (secondary N) is 2. The Balaban J connectivity index is 2.53. The molecule has 10 heteroatoms. The molecule has 0 fully saturated rings. The Labute approximate surface area is 134 Å². The van der Waals surface area contributed by atoms with E-state index in [-0.39, 0.29) is 36.0 Å². The van der Waals surface area contributed by atoms with Crippen molar-refractivity contribution >= 4 is 21.6 Å². The molecule has 0 saturated heterocycles. The van der Waals surface area contributed by atoms with E-state index in [1.807, 2.05) is 0 Å². The summed E-state index contributed by atoms with van der Waals surface area (Å²) >= 11 is 0. The van der Waals surface area contributed by atoms with Crippen LogP contribution >= 0.6 is 0 Å². The predicted molar refractivity (Wildman–Crippen MR) is 84.2 cm³/mol. The fourth-order valence-electron chi connectivity index (χ4n) is 1.54. The standard InChI is InChI=1S/C13H20N4O5S/c1-13(2,14)9-15-12(18)7-8-16-23(21,22)11-5-3-10(4-6-11)17(19)20/h3-6,16H,7-9,14H2,1-2H3,(H,15,18). The van der Waals surface area contributed by atoms with E-state index in [0.29, 0.717) is 0 Å². The zero-order valence-corrected chi connectivity index (χ0v) is 13.7. The largest absolute Gasteiger partial charge is 0.354 e. The van der Waals surface area contributed by atoms with Crippen molar-refractivity contribution in [3.63, 3.8) is 0 Å². The first-order chi connectivity index (χ1) is 10.5. The number of non-ortho nitro benzene ring substituents is 1. The Morgan fingerprint density at radius 3 is 2.35 bits per heavy atom. The summed E-state index contributed by atoms with van der Waals surface area (Å²) in [7, 11) is -3.82. The first-order valence-electron chi connectivity index (χ1n) is 6.81. The number of nitro benzene ring substituents is 1. The van der Waals surface area contributed by atoms with Gasteiger partial charge in [-0.2, -0.15) is 0 Å². The molecule has 0 bridgehead atoms. The van der Waals surface area contributed by atoms with E-state index in [4.69, 9.17) is 5.73 Å². The Morgan fingerprint density at radius 2 is 1.87 bits per heavy atom. The summed E-state index contributed by atoms with van der Waals surface area (Å²) in [5, 5.41) is 13.1. The molecule has 0 aromatic heterocycles. The van der Waals surface area contributed by atoms with Crippen LogP contribution in [0.2, 0.25) is 0 Å². The van der Waals surface area contributed by atoms with Crippen LogP contribution in [0.3, 0.4) is 0 Å². The van der Waals surface area contributed by atoms with Crippen LogP contribution in [-0.4, -0.2) is 37.9 Å². The summed E-state index contributed by atoms with van der Waals surface area (Å²) in [6.45, 7) is 3.70. The summed E-state index contributed by atoms with van der Waals surface area (Å²) in [6, 6.07) is 4.48. The third-order valence-electron chi connectivity index (χ3n) is 2.74. The second-order valence-electron chi connectivity index (χ2n) is 5.66. The van der Waals surface area contributed by atoms with Gasteiger partial charge >= 0.3 is 0 Å². The van der Waals surface area contributed by atoms with Crippen LogP contribution in [0.15, 0.2) is 29.2 Å². The van der Waals surface area contributed by atoms with Gasteiger partial charge in [0.2, 0.25) is 15.9 Å². The van der Waals surface area contributed by atoms with Gasteiger partial charge in [0.1, 0.15) is 0 Å². The van der Waals surface area contributed by atoms with E-state index in [9.17, 15) is 23.3 Å². The summed E-state index contributed by atoms with van der Waals surface area (Å²) in [5.41, 5.74) is 4.97. The number of carbonyl (C=O) groups excluding carboxylic acids is 1. The van der Waals surface area contributed by atoms with Crippen molar-refractivity contribution in [2.45, 2.75) is 30.7 Å². The number of sulfonamides is 1. The molecule has 9 nitrogen and oxygen atoms in total. The smallest absolute Gasteiger partial charge is 0.269 e. The molecule has 0 spiro atoms. The molecule has 0 radical (unpaired) electrons. The number of hydrogen-bond donors (Lipinski definition) is 3. The highest BCUT2D eigenvalue weighted by Gasteiger charge is 2.16. The molecule has 0 atom stereocenters. The SMILES string of the molecule is CC(C)(N)CNC(=O)CCNS(=O)(=O)c1ccc([N+](=O)[O-])cc1. The molecule has 1 aromatic carbocycles. The van der Waals surface area contributed by atoms with E-state index in [1.54, 1.807) is 13.8 Å². The van der Waals surface area contributed by atoms with Gasteiger partial charge in [0.15, 0.2) is 0 Å². The van der Waals surface area contributed by atoms with Gasteiger partial charge in [-0.3, -0.25) is 14.9 Å². The van der Waals surface area contributed by atoms with Crippen molar-refractivity contribution in [1.29, 1.82) is 0 Å². The lowest BCUT2D eigenvalue weighted by Gasteiger charge is -2.18. The fraction of sp³-hybridized carbons (Fsp3) is 0.462. The van der Waals surface area contributed by atoms with Crippen LogP contribution in [0.4, 0.5) is 5.69 Å². The average Bonchev–Trinajstić information content (AvgIpc) is 2.44. The molecule has 0 heterocycles. The molecule has 0 aliphatic rings. The minimum Gasteiger partial charge on any atom is -0.354 e. The minimum atomic E-state index is -3.82. The molecule has 0 aliphatic heterocycles. The molecule has 0 unspecified atom stereocenters. The van der Waals surface area contributed by atoms with Gasteiger partial charge in [-0.15, -0.1) is 0 Å². The zero-order chi connectivity index (χ0) is 17.7. The maximum atomic E-state index is 12.0. The highest BCUT2D eigenvalue weighted by Crippen LogP contribution is 2.15. The lowest BCUT2D eigenvalue weighted by molar-refractivity contribution is -0.384. The maximum absolute atomic E-state index is 12.0. The third kappa shape index (κ3) is 6.72. The quantitative estimate of drug-likeness (QED) is 0.451. The number of benzene rings is 1. The lowest BCUT2D eigenvalue weighted by atomic mass is 10.1. The van der Waals surface area contributed by atoms with Crippen LogP contribution in [-0.2, 0) is 14.8 Å². The van der Waals surface area contributed by atoms with Crippen molar-refractivity contribution in [2.24, 2.45) is 5.73 Å². The molecular weight excluding hydrogens is 324 g/mol. The highest BCUT2D eigenvalue weighted by molar-refractivity contribution is 7.89. The second-order valence-corrected chi connectivity index (χ2v) is 7.43. The van der Waals surface area contributed by atoms with Gasteiger partial charge in [0.05, 0.1) is 9.82 Å². The maximum Gasteiger partial charge on any atom is 0.269 e. The van der Waals surface area contributed by atoms with Gasteiger partial charge in [-0.25, -0.2) is 13.1 Å². The van der Waals surface area contributed by atoms with Crippen molar-refractivity contribution in [1.82, 2.24) is 10.0 Å². The number of hydrogen-bond acceptors (Lipinski definition) is 6. The molecule has 1 amide bonds. The topological polar surface area (TPSA) is 144 Å². The molecule has 0 aliphatic carbocycles. The molecular formula is C13H20N4O5S. The Bertz CT molecular complexity index is 665. The van der Waals surface area contributed by atoms with Gasteiger partial charge in [-0.1, -0.05) is 0 Å².